The first-order valence-electron chi connectivity index (χ1n) is 9.12. The normalized spacial score (nSPS) is 19.0. The number of nitrogens with zero attached hydrogens (tertiary/aromatic N) is 2. The van der Waals surface area contributed by atoms with Crippen molar-refractivity contribution in [2.45, 2.75) is 38.1 Å². The fraction of sp³-hybridized carbons (Fsp3) is 0.273. The molecule has 132 valence electrons. The van der Waals surface area contributed by atoms with E-state index < -0.39 is 5.41 Å². The largest absolute Gasteiger partial charge is 0.351 e. The Morgan fingerprint density at radius 3 is 2.92 bits per heavy atom. The van der Waals surface area contributed by atoms with Crippen LogP contribution in [0, 0.1) is 0 Å². The molecule has 1 amide bonds. The van der Waals surface area contributed by atoms with E-state index in [1.165, 1.54) is 11.1 Å². The van der Waals surface area contributed by atoms with Crippen molar-refractivity contribution in [3.63, 3.8) is 0 Å². The Morgan fingerprint density at radius 1 is 1.19 bits per heavy atom. The van der Waals surface area contributed by atoms with E-state index in [1.54, 1.807) is 6.20 Å². The second kappa shape index (κ2) is 6.79. The quantitative estimate of drug-likeness (QED) is 0.782. The zero-order valence-corrected chi connectivity index (χ0v) is 15.0. The van der Waals surface area contributed by atoms with Crippen LogP contribution in [0.25, 0.3) is 5.69 Å². The summed E-state index contributed by atoms with van der Waals surface area (Å²) >= 11 is 0. The molecule has 4 rings (SSSR count). The van der Waals surface area contributed by atoms with Gasteiger partial charge in [0, 0.05) is 18.9 Å². The maximum Gasteiger partial charge on any atom is 0.230 e. The molecule has 1 heterocycles. The average molecular weight is 345 g/mol. The Morgan fingerprint density at radius 2 is 2.08 bits per heavy atom. The summed E-state index contributed by atoms with van der Waals surface area (Å²) in [6.07, 6.45) is 6.68. The first-order valence-corrected chi connectivity index (χ1v) is 9.12. The number of benzene rings is 2. The zero-order chi connectivity index (χ0) is 18.0. The van der Waals surface area contributed by atoms with Gasteiger partial charge >= 0.3 is 0 Å². The van der Waals surface area contributed by atoms with Gasteiger partial charge in [-0.2, -0.15) is 5.10 Å². The summed E-state index contributed by atoms with van der Waals surface area (Å²) < 4.78 is 1.82. The zero-order valence-electron chi connectivity index (χ0n) is 15.0. The van der Waals surface area contributed by atoms with Crippen LogP contribution in [0.2, 0.25) is 0 Å². The summed E-state index contributed by atoms with van der Waals surface area (Å²) in [4.78, 5) is 13.0. The predicted molar refractivity (Wildman–Crippen MR) is 102 cm³/mol. The Kier molecular flexibility index (Phi) is 4.33. The van der Waals surface area contributed by atoms with Crippen molar-refractivity contribution < 1.29 is 4.79 Å². The lowest BCUT2D eigenvalue weighted by atomic mass is 9.70. The lowest BCUT2D eigenvalue weighted by molar-refractivity contribution is -0.126. The van der Waals surface area contributed by atoms with Crippen LogP contribution in [-0.2, 0) is 23.2 Å². The highest BCUT2D eigenvalue weighted by atomic mass is 16.2. The topological polar surface area (TPSA) is 46.9 Å². The molecule has 0 aliphatic heterocycles. The maximum atomic E-state index is 13.0. The molecule has 0 saturated carbocycles. The van der Waals surface area contributed by atoms with Crippen LogP contribution in [0.5, 0.6) is 0 Å². The Balaban J connectivity index is 1.51. The van der Waals surface area contributed by atoms with Gasteiger partial charge in [-0.1, -0.05) is 36.4 Å². The molecule has 0 fully saturated rings. The first-order chi connectivity index (χ1) is 12.7. The molecular formula is C22H23N3O. The van der Waals surface area contributed by atoms with Crippen LogP contribution in [0.4, 0.5) is 0 Å². The summed E-state index contributed by atoms with van der Waals surface area (Å²) in [6, 6.07) is 18.3. The number of carbonyl (C=O) groups excluding carboxylic acids is 1. The number of aryl methyl sites for hydroxylation is 1. The van der Waals surface area contributed by atoms with E-state index in [1.807, 2.05) is 41.2 Å². The highest BCUT2D eigenvalue weighted by Gasteiger charge is 2.38. The minimum atomic E-state index is -0.450. The molecule has 1 unspecified atom stereocenters. The Labute approximate surface area is 153 Å². The lowest BCUT2D eigenvalue weighted by Crippen LogP contribution is -2.44. The molecule has 1 N–H and O–H groups in total. The van der Waals surface area contributed by atoms with Crippen molar-refractivity contribution in [2.24, 2.45) is 0 Å². The summed E-state index contributed by atoms with van der Waals surface area (Å²) in [6.45, 7) is 2.59. The third-order valence-corrected chi connectivity index (χ3v) is 5.37. The number of aromatic nitrogens is 2. The number of nitrogens with one attached hydrogen (secondary N) is 1. The molecule has 1 atom stereocenters. The molecule has 4 nitrogen and oxygen atoms in total. The number of carbonyl (C=O) groups is 1. The van der Waals surface area contributed by atoms with Gasteiger partial charge in [0.1, 0.15) is 0 Å². The third kappa shape index (κ3) is 3.03. The standard InChI is InChI=1S/C22H23N3O/c1-22(12-5-9-18-8-2-3-11-20(18)22)21(26)23-16-17-7-4-10-19(15-17)25-14-6-13-24-25/h2-4,6-8,10-11,13-15H,5,9,12,16H2,1H3,(H,23,26). The van der Waals surface area contributed by atoms with Crippen molar-refractivity contribution in [1.29, 1.82) is 0 Å². The highest BCUT2D eigenvalue weighted by Crippen LogP contribution is 2.37. The molecular weight excluding hydrogens is 322 g/mol. The number of amides is 1. The molecule has 2 aromatic carbocycles. The van der Waals surface area contributed by atoms with E-state index in [2.05, 4.69) is 41.6 Å². The molecule has 1 aliphatic rings. The number of hydrogen-bond acceptors (Lipinski definition) is 2. The van der Waals surface area contributed by atoms with Crippen molar-refractivity contribution in [1.82, 2.24) is 15.1 Å². The van der Waals surface area contributed by atoms with Crippen LogP contribution in [0.1, 0.15) is 36.5 Å². The van der Waals surface area contributed by atoms with Gasteiger partial charge in [0.05, 0.1) is 11.1 Å². The number of fused-ring (bicyclic) bond motifs is 1. The third-order valence-electron chi connectivity index (χ3n) is 5.37. The molecule has 0 saturated heterocycles. The van der Waals surface area contributed by atoms with Crippen molar-refractivity contribution >= 4 is 5.91 Å². The van der Waals surface area contributed by atoms with E-state index in [4.69, 9.17) is 0 Å². The second-order valence-electron chi connectivity index (χ2n) is 7.15. The molecule has 0 spiro atoms. The van der Waals surface area contributed by atoms with Crippen molar-refractivity contribution in [3.05, 3.63) is 83.7 Å². The Hall–Kier alpha value is -2.88. The molecule has 1 aromatic heterocycles. The molecule has 0 bridgehead atoms. The summed E-state index contributed by atoms with van der Waals surface area (Å²) in [5.74, 6) is 0.106. The van der Waals surface area contributed by atoms with Gasteiger partial charge in [0.15, 0.2) is 0 Å². The van der Waals surface area contributed by atoms with Crippen molar-refractivity contribution in [3.8, 4) is 5.69 Å². The molecule has 4 heteroatoms. The Bertz CT molecular complexity index is 917. The van der Waals surface area contributed by atoms with Gasteiger partial charge in [-0.05, 0) is 61.1 Å². The average Bonchev–Trinajstić information content (AvgIpc) is 3.22. The van der Waals surface area contributed by atoms with Crippen LogP contribution in [-0.4, -0.2) is 15.7 Å². The summed E-state index contributed by atoms with van der Waals surface area (Å²) in [5, 5.41) is 7.42. The molecule has 0 radical (unpaired) electrons. The second-order valence-corrected chi connectivity index (χ2v) is 7.15. The predicted octanol–water partition coefficient (Wildman–Crippen LogP) is 3.78. The van der Waals surface area contributed by atoms with Crippen molar-refractivity contribution in [2.75, 3.05) is 0 Å². The van der Waals surface area contributed by atoms with Crippen LogP contribution < -0.4 is 5.32 Å². The smallest absolute Gasteiger partial charge is 0.230 e. The molecule has 3 aromatic rings. The number of rotatable bonds is 4. The number of hydrogen-bond donors (Lipinski definition) is 1. The lowest BCUT2D eigenvalue weighted by Gasteiger charge is -2.34. The van der Waals surface area contributed by atoms with E-state index in [0.29, 0.717) is 6.54 Å². The molecule has 1 aliphatic carbocycles. The minimum Gasteiger partial charge on any atom is -0.351 e. The van der Waals surface area contributed by atoms with Gasteiger partial charge in [0.25, 0.3) is 0 Å². The fourth-order valence-electron chi connectivity index (χ4n) is 3.89. The van der Waals surface area contributed by atoms with Crippen LogP contribution >= 0.6 is 0 Å². The maximum absolute atomic E-state index is 13.0. The monoisotopic (exact) mass is 345 g/mol. The van der Waals surface area contributed by atoms with Gasteiger partial charge in [-0.15, -0.1) is 0 Å². The summed E-state index contributed by atoms with van der Waals surface area (Å²) in [7, 11) is 0. The van der Waals surface area contributed by atoms with E-state index in [-0.39, 0.29) is 5.91 Å². The van der Waals surface area contributed by atoms with Gasteiger partial charge in [-0.25, -0.2) is 4.68 Å². The van der Waals surface area contributed by atoms with Gasteiger partial charge < -0.3 is 5.32 Å². The first kappa shape index (κ1) is 16.6. The van der Waals surface area contributed by atoms with E-state index >= 15 is 0 Å². The van der Waals surface area contributed by atoms with Crippen LogP contribution in [0.15, 0.2) is 67.0 Å². The van der Waals surface area contributed by atoms with Crippen LogP contribution in [0.3, 0.4) is 0 Å². The minimum absolute atomic E-state index is 0.106. The SMILES string of the molecule is CC1(C(=O)NCc2cccc(-n3cccn3)c2)CCCc2ccccc21. The highest BCUT2D eigenvalue weighted by molar-refractivity contribution is 5.88. The van der Waals surface area contributed by atoms with Gasteiger partial charge in [0.2, 0.25) is 5.91 Å². The van der Waals surface area contributed by atoms with Gasteiger partial charge in [-0.3, -0.25) is 4.79 Å². The molecule has 26 heavy (non-hydrogen) atoms. The fourth-order valence-corrected chi connectivity index (χ4v) is 3.89. The van der Waals surface area contributed by atoms with E-state index in [0.717, 1.165) is 30.5 Å². The van der Waals surface area contributed by atoms with E-state index in [9.17, 15) is 4.79 Å². The summed E-state index contributed by atoms with van der Waals surface area (Å²) in [5.41, 5.74) is 4.09.